The number of anilines is 1. The average molecular weight is 324 g/mol. The molecule has 1 aromatic rings. The molecule has 1 unspecified atom stereocenters. The van der Waals surface area contributed by atoms with E-state index < -0.39 is 0 Å². The lowest BCUT2D eigenvalue weighted by atomic mass is 10.0. The number of pyridine rings is 1. The number of carbonyl (C=O) groups is 1. The minimum absolute atomic E-state index is 0.0241. The first-order chi connectivity index (χ1) is 8.90. The molecule has 3 rings (SSSR count). The highest BCUT2D eigenvalue weighted by atomic mass is 79.9. The van der Waals surface area contributed by atoms with Gasteiger partial charge in [-0.15, -0.1) is 0 Å². The molecule has 1 saturated heterocycles. The van der Waals surface area contributed by atoms with Gasteiger partial charge in [-0.1, -0.05) is 13.0 Å². The first-order valence-corrected chi connectivity index (χ1v) is 7.36. The number of hydrogen-bond donors (Lipinski definition) is 1. The molecular weight excluding hydrogens is 306 g/mol. The van der Waals surface area contributed by atoms with E-state index in [0.717, 1.165) is 16.6 Å². The predicted molar refractivity (Wildman–Crippen MR) is 78.0 cm³/mol. The van der Waals surface area contributed by atoms with E-state index in [0.29, 0.717) is 17.3 Å². The Balaban J connectivity index is 1.74. The third-order valence-corrected chi connectivity index (χ3v) is 5.00. The molecule has 4 nitrogen and oxygen atoms in total. The average Bonchev–Trinajstić information content (AvgIpc) is 2.95. The number of nitrogens with zero attached hydrogens (tertiary/aromatic N) is 2. The van der Waals surface area contributed by atoms with Crippen molar-refractivity contribution in [1.29, 1.82) is 0 Å². The van der Waals surface area contributed by atoms with Crippen LogP contribution in [0.5, 0.6) is 0 Å². The standard InChI is InChI=1S/C14H18BrN3O/c1-8-4-5-11(15)16-12(8)17-13(19)9-6-14(2)7-10(14)18(9)3/h4-5,9-10H,6-7H2,1-3H3,(H,16,17,19)/t9-,10?,14-/m0/s1. The number of likely N-dealkylation sites (tertiary alicyclic amines) is 1. The number of fused-ring (bicyclic) bond motifs is 1. The van der Waals surface area contributed by atoms with Gasteiger partial charge in [0.15, 0.2) is 0 Å². The number of rotatable bonds is 2. The van der Waals surface area contributed by atoms with Crippen molar-refractivity contribution in [2.45, 2.75) is 38.8 Å². The number of carbonyl (C=O) groups excluding carboxylic acids is 1. The second kappa shape index (κ2) is 4.28. The Morgan fingerprint density at radius 1 is 1.53 bits per heavy atom. The maximum atomic E-state index is 12.4. The Labute approximate surface area is 121 Å². The van der Waals surface area contributed by atoms with E-state index in [-0.39, 0.29) is 11.9 Å². The lowest BCUT2D eigenvalue weighted by molar-refractivity contribution is -0.120. The monoisotopic (exact) mass is 323 g/mol. The van der Waals surface area contributed by atoms with Gasteiger partial charge in [-0.3, -0.25) is 9.69 Å². The molecule has 1 N–H and O–H groups in total. The number of aromatic nitrogens is 1. The zero-order chi connectivity index (χ0) is 13.8. The number of likely N-dealkylation sites (N-methyl/N-ethyl adjacent to an activating group) is 1. The molecular formula is C14H18BrN3O. The van der Waals surface area contributed by atoms with Gasteiger partial charge in [-0.05, 0) is 59.8 Å². The summed E-state index contributed by atoms with van der Waals surface area (Å²) in [7, 11) is 2.05. The smallest absolute Gasteiger partial charge is 0.242 e. The Hall–Kier alpha value is -0.940. The minimum atomic E-state index is -0.0241. The van der Waals surface area contributed by atoms with Crippen molar-refractivity contribution in [1.82, 2.24) is 9.88 Å². The van der Waals surface area contributed by atoms with Crippen molar-refractivity contribution in [2.75, 3.05) is 12.4 Å². The lowest BCUT2D eigenvalue weighted by Crippen LogP contribution is -2.39. The summed E-state index contributed by atoms with van der Waals surface area (Å²) < 4.78 is 0.739. The first kappa shape index (κ1) is 13.1. The van der Waals surface area contributed by atoms with Gasteiger partial charge in [0.05, 0.1) is 6.04 Å². The highest BCUT2D eigenvalue weighted by Gasteiger charge is 2.61. The van der Waals surface area contributed by atoms with Crippen molar-refractivity contribution in [3.05, 3.63) is 22.3 Å². The van der Waals surface area contributed by atoms with Crippen molar-refractivity contribution < 1.29 is 4.79 Å². The summed E-state index contributed by atoms with van der Waals surface area (Å²) in [6.45, 7) is 4.22. The van der Waals surface area contributed by atoms with Crippen LogP contribution >= 0.6 is 15.9 Å². The Morgan fingerprint density at radius 2 is 2.26 bits per heavy atom. The number of halogens is 1. The van der Waals surface area contributed by atoms with Crippen LogP contribution in [0.3, 0.4) is 0 Å². The Kier molecular flexibility index (Phi) is 2.94. The molecule has 1 saturated carbocycles. The van der Waals surface area contributed by atoms with Crippen LogP contribution in [0.2, 0.25) is 0 Å². The molecule has 0 spiro atoms. The van der Waals surface area contributed by atoms with Crippen LogP contribution in [0.4, 0.5) is 5.82 Å². The normalized spacial score (nSPS) is 33.1. The molecule has 2 fully saturated rings. The molecule has 0 aromatic carbocycles. The van der Waals surface area contributed by atoms with Crippen LogP contribution in [-0.4, -0.2) is 34.9 Å². The van der Waals surface area contributed by atoms with Crippen molar-refractivity contribution >= 4 is 27.7 Å². The van der Waals surface area contributed by atoms with E-state index >= 15 is 0 Å². The van der Waals surface area contributed by atoms with Gasteiger partial charge >= 0.3 is 0 Å². The molecule has 0 radical (unpaired) electrons. The second-order valence-corrected chi connectivity index (χ2v) is 6.86. The van der Waals surface area contributed by atoms with Gasteiger partial charge in [0.1, 0.15) is 10.4 Å². The van der Waals surface area contributed by atoms with Crippen molar-refractivity contribution in [2.24, 2.45) is 5.41 Å². The molecule has 3 atom stereocenters. The summed E-state index contributed by atoms with van der Waals surface area (Å²) in [5, 5.41) is 2.96. The van der Waals surface area contributed by atoms with E-state index in [4.69, 9.17) is 0 Å². The summed E-state index contributed by atoms with van der Waals surface area (Å²) in [6.07, 6.45) is 2.18. The third-order valence-electron chi connectivity index (χ3n) is 4.55. The molecule has 2 aliphatic rings. The summed E-state index contributed by atoms with van der Waals surface area (Å²) in [4.78, 5) is 18.9. The van der Waals surface area contributed by atoms with Gasteiger partial charge < -0.3 is 5.32 Å². The molecule has 1 aliphatic heterocycles. The van der Waals surface area contributed by atoms with Gasteiger partial charge in [-0.25, -0.2) is 4.98 Å². The second-order valence-electron chi connectivity index (χ2n) is 6.05. The topological polar surface area (TPSA) is 45.2 Å². The van der Waals surface area contributed by atoms with E-state index in [1.54, 1.807) is 0 Å². The minimum Gasteiger partial charge on any atom is -0.309 e. The highest BCUT2D eigenvalue weighted by molar-refractivity contribution is 9.10. The third kappa shape index (κ3) is 2.19. The SMILES string of the molecule is Cc1ccc(Br)nc1NC(=O)[C@@H]1C[C@@]2(C)CC2N1C. The summed E-state index contributed by atoms with van der Waals surface area (Å²) >= 11 is 3.33. The maximum Gasteiger partial charge on any atom is 0.242 e. The Bertz CT molecular complexity index is 547. The summed E-state index contributed by atoms with van der Waals surface area (Å²) in [5.74, 6) is 0.711. The lowest BCUT2D eigenvalue weighted by Gasteiger charge is -2.22. The molecule has 0 bridgehead atoms. The fourth-order valence-corrected chi connectivity index (χ4v) is 3.46. The van der Waals surface area contributed by atoms with Gasteiger partial charge in [-0.2, -0.15) is 0 Å². The maximum absolute atomic E-state index is 12.4. The zero-order valence-corrected chi connectivity index (χ0v) is 13.0. The van der Waals surface area contributed by atoms with E-state index in [1.807, 2.05) is 26.1 Å². The quantitative estimate of drug-likeness (QED) is 0.851. The number of hydrogen-bond acceptors (Lipinski definition) is 3. The van der Waals surface area contributed by atoms with Gasteiger partial charge in [0.25, 0.3) is 0 Å². The molecule has 2 heterocycles. The van der Waals surface area contributed by atoms with Crippen LogP contribution in [0, 0.1) is 12.3 Å². The van der Waals surface area contributed by atoms with Crippen molar-refractivity contribution in [3.63, 3.8) is 0 Å². The number of aryl methyl sites for hydroxylation is 1. The fraction of sp³-hybridized carbons (Fsp3) is 0.571. The van der Waals surface area contributed by atoms with Crippen LogP contribution < -0.4 is 5.32 Å². The summed E-state index contributed by atoms with van der Waals surface area (Å²) in [5.41, 5.74) is 1.34. The van der Waals surface area contributed by atoms with Crippen LogP contribution in [-0.2, 0) is 4.79 Å². The number of nitrogens with one attached hydrogen (secondary N) is 1. The van der Waals surface area contributed by atoms with Gasteiger partial charge in [0.2, 0.25) is 5.91 Å². The van der Waals surface area contributed by atoms with E-state index in [9.17, 15) is 4.79 Å². The zero-order valence-electron chi connectivity index (χ0n) is 11.4. The first-order valence-electron chi connectivity index (χ1n) is 6.57. The predicted octanol–water partition coefficient (Wildman–Crippen LogP) is 2.57. The van der Waals surface area contributed by atoms with Gasteiger partial charge in [0, 0.05) is 6.04 Å². The van der Waals surface area contributed by atoms with Crippen LogP contribution in [0.15, 0.2) is 16.7 Å². The summed E-state index contributed by atoms with van der Waals surface area (Å²) in [6, 6.07) is 4.39. The molecule has 1 amide bonds. The molecule has 1 aromatic heterocycles. The molecule has 1 aliphatic carbocycles. The molecule has 5 heteroatoms. The van der Waals surface area contributed by atoms with Crippen molar-refractivity contribution in [3.8, 4) is 0 Å². The van der Waals surface area contributed by atoms with Crippen LogP contribution in [0.25, 0.3) is 0 Å². The highest BCUT2D eigenvalue weighted by Crippen LogP contribution is 2.58. The van der Waals surface area contributed by atoms with Crippen LogP contribution in [0.1, 0.15) is 25.3 Å². The molecule has 102 valence electrons. The largest absolute Gasteiger partial charge is 0.309 e. The number of piperidine rings is 1. The van der Waals surface area contributed by atoms with E-state index in [2.05, 4.69) is 38.1 Å². The van der Waals surface area contributed by atoms with E-state index in [1.165, 1.54) is 6.42 Å². The number of amides is 1. The fourth-order valence-electron chi connectivity index (χ4n) is 3.15. The Morgan fingerprint density at radius 3 is 2.89 bits per heavy atom. The molecule has 19 heavy (non-hydrogen) atoms.